The Morgan fingerprint density at radius 2 is 2.07 bits per heavy atom. The van der Waals surface area contributed by atoms with E-state index in [4.69, 9.17) is 0 Å². The Morgan fingerprint density at radius 3 is 2.73 bits per heavy atom. The number of piperidine rings is 1. The number of rotatable bonds is 2. The molecule has 0 atom stereocenters. The maximum Gasteiger partial charge on any atom is 0.125 e. The third kappa shape index (κ3) is 3.08. The van der Waals surface area contributed by atoms with E-state index >= 15 is 0 Å². The van der Waals surface area contributed by atoms with Crippen LogP contribution in [-0.4, -0.2) is 25.1 Å². The number of hydrogen-bond acceptors (Lipinski definition) is 3. The van der Waals surface area contributed by atoms with Gasteiger partial charge in [0.15, 0.2) is 0 Å². The van der Waals surface area contributed by atoms with Gasteiger partial charge in [-0.1, -0.05) is 6.07 Å². The summed E-state index contributed by atoms with van der Waals surface area (Å²) in [4.78, 5) is 4.58. The standard InChI is InChI=1S/C11H17N3.ClH/c1-12-11-4-2-3-10(14-11)9-5-7-13-8-6-9;/h2-4,9,13H,5-8H2,1H3,(H,12,14);1H. The molecule has 0 radical (unpaired) electrons. The Bertz CT molecular complexity index is 298. The molecule has 0 saturated carbocycles. The lowest BCUT2D eigenvalue weighted by Gasteiger charge is -2.22. The first-order valence-corrected chi connectivity index (χ1v) is 5.25. The summed E-state index contributed by atoms with van der Waals surface area (Å²) in [6.45, 7) is 2.24. The number of anilines is 1. The fraction of sp³-hybridized carbons (Fsp3) is 0.545. The molecule has 1 saturated heterocycles. The van der Waals surface area contributed by atoms with Crippen LogP contribution in [-0.2, 0) is 0 Å². The van der Waals surface area contributed by atoms with Crippen molar-refractivity contribution in [2.45, 2.75) is 18.8 Å². The van der Waals surface area contributed by atoms with Crippen molar-refractivity contribution >= 4 is 18.2 Å². The minimum absolute atomic E-state index is 0. The number of aromatic nitrogens is 1. The van der Waals surface area contributed by atoms with E-state index in [9.17, 15) is 0 Å². The second-order valence-corrected chi connectivity index (χ2v) is 3.72. The quantitative estimate of drug-likeness (QED) is 0.812. The molecule has 1 fully saturated rings. The SMILES string of the molecule is CNc1cccc(C2CCNCC2)n1.Cl. The zero-order valence-corrected chi connectivity index (χ0v) is 9.81. The van der Waals surface area contributed by atoms with Gasteiger partial charge in [0.05, 0.1) is 0 Å². The molecule has 0 unspecified atom stereocenters. The molecule has 0 bridgehead atoms. The fourth-order valence-corrected chi connectivity index (χ4v) is 1.94. The van der Waals surface area contributed by atoms with Crippen molar-refractivity contribution in [2.75, 3.05) is 25.5 Å². The number of nitrogens with zero attached hydrogens (tertiary/aromatic N) is 1. The molecule has 84 valence electrons. The van der Waals surface area contributed by atoms with E-state index in [1.165, 1.54) is 18.5 Å². The lowest BCUT2D eigenvalue weighted by Crippen LogP contribution is -2.27. The van der Waals surface area contributed by atoms with Crippen LogP contribution in [0.3, 0.4) is 0 Å². The average molecular weight is 228 g/mol. The fourth-order valence-electron chi connectivity index (χ4n) is 1.94. The molecule has 2 heterocycles. The molecule has 2 rings (SSSR count). The maximum absolute atomic E-state index is 4.58. The third-order valence-electron chi connectivity index (χ3n) is 2.78. The number of pyridine rings is 1. The summed E-state index contributed by atoms with van der Waals surface area (Å²) in [5.74, 6) is 1.62. The molecule has 0 spiro atoms. The predicted octanol–water partition coefficient (Wildman–Crippen LogP) is 2.01. The molecule has 2 N–H and O–H groups in total. The van der Waals surface area contributed by atoms with Gasteiger partial charge in [0.25, 0.3) is 0 Å². The maximum atomic E-state index is 4.58. The van der Waals surface area contributed by atoms with Crippen molar-refractivity contribution in [1.82, 2.24) is 10.3 Å². The van der Waals surface area contributed by atoms with E-state index in [0.717, 1.165) is 18.9 Å². The van der Waals surface area contributed by atoms with Gasteiger partial charge in [-0.05, 0) is 38.1 Å². The van der Waals surface area contributed by atoms with E-state index in [0.29, 0.717) is 5.92 Å². The molecule has 0 aliphatic carbocycles. The van der Waals surface area contributed by atoms with Crippen molar-refractivity contribution in [3.05, 3.63) is 23.9 Å². The highest BCUT2D eigenvalue weighted by Crippen LogP contribution is 2.24. The smallest absolute Gasteiger partial charge is 0.125 e. The largest absolute Gasteiger partial charge is 0.373 e. The molecule has 1 aromatic rings. The normalized spacial score (nSPS) is 16.9. The van der Waals surface area contributed by atoms with Crippen LogP contribution in [0.25, 0.3) is 0 Å². The molecule has 3 nitrogen and oxygen atoms in total. The van der Waals surface area contributed by atoms with Crippen LogP contribution in [0, 0.1) is 0 Å². The van der Waals surface area contributed by atoms with Crippen LogP contribution in [0.5, 0.6) is 0 Å². The molecular formula is C11H18ClN3. The molecule has 4 heteroatoms. The highest BCUT2D eigenvalue weighted by atomic mass is 35.5. The molecule has 0 amide bonds. The van der Waals surface area contributed by atoms with Gasteiger partial charge in [0.2, 0.25) is 0 Å². The topological polar surface area (TPSA) is 37.0 Å². The van der Waals surface area contributed by atoms with Crippen molar-refractivity contribution in [3.8, 4) is 0 Å². The Balaban J connectivity index is 0.00000112. The Hall–Kier alpha value is -0.800. The number of hydrogen-bond donors (Lipinski definition) is 2. The zero-order chi connectivity index (χ0) is 9.80. The molecule has 1 aliphatic heterocycles. The lowest BCUT2D eigenvalue weighted by molar-refractivity contribution is 0.453. The van der Waals surface area contributed by atoms with E-state index in [-0.39, 0.29) is 12.4 Å². The second kappa shape index (κ2) is 5.93. The highest BCUT2D eigenvalue weighted by molar-refractivity contribution is 5.85. The van der Waals surface area contributed by atoms with E-state index in [2.05, 4.69) is 27.8 Å². The van der Waals surface area contributed by atoms with Gasteiger partial charge in [0, 0.05) is 18.7 Å². The van der Waals surface area contributed by atoms with E-state index in [1.807, 2.05) is 13.1 Å². The monoisotopic (exact) mass is 227 g/mol. The number of nitrogens with one attached hydrogen (secondary N) is 2. The van der Waals surface area contributed by atoms with Crippen LogP contribution in [0.4, 0.5) is 5.82 Å². The van der Waals surface area contributed by atoms with E-state index < -0.39 is 0 Å². The van der Waals surface area contributed by atoms with Gasteiger partial charge < -0.3 is 10.6 Å². The van der Waals surface area contributed by atoms with Crippen LogP contribution in [0.2, 0.25) is 0 Å². The Labute approximate surface area is 97.1 Å². The van der Waals surface area contributed by atoms with Crippen LogP contribution >= 0.6 is 12.4 Å². The summed E-state index contributed by atoms with van der Waals surface area (Å²) >= 11 is 0. The average Bonchev–Trinajstić information content (AvgIpc) is 2.30. The summed E-state index contributed by atoms with van der Waals surface area (Å²) in [5.41, 5.74) is 1.23. The summed E-state index contributed by atoms with van der Waals surface area (Å²) in [6, 6.07) is 6.22. The lowest BCUT2D eigenvalue weighted by atomic mass is 9.94. The molecule has 15 heavy (non-hydrogen) atoms. The summed E-state index contributed by atoms with van der Waals surface area (Å²) in [6.07, 6.45) is 2.42. The van der Waals surface area contributed by atoms with Crippen molar-refractivity contribution in [3.63, 3.8) is 0 Å². The number of halogens is 1. The minimum Gasteiger partial charge on any atom is -0.373 e. The second-order valence-electron chi connectivity index (χ2n) is 3.72. The highest BCUT2D eigenvalue weighted by Gasteiger charge is 2.16. The van der Waals surface area contributed by atoms with E-state index in [1.54, 1.807) is 0 Å². The molecule has 1 aromatic heterocycles. The Kier molecular flexibility index (Phi) is 4.85. The summed E-state index contributed by atoms with van der Waals surface area (Å²) < 4.78 is 0. The van der Waals surface area contributed by atoms with Crippen LogP contribution in [0.1, 0.15) is 24.5 Å². The molecule has 0 aromatic carbocycles. The van der Waals surface area contributed by atoms with Gasteiger partial charge in [-0.15, -0.1) is 12.4 Å². The van der Waals surface area contributed by atoms with Crippen LogP contribution < -0.4 is 10.6 Å². The van der Waals surface area contributed by atoms with Gasteiger partial charge in [0.1, 0.15) is 5.82 Å². The first-order chi connectivity index (χ1) is 6.90. The van der Waals surface area contributed by atoms with Crippen LogP contribution in [0.15, 0.2) is 18.2 Å². The summed E-state index contributed by atoms with van der Waals surface area (Å²) in [5, 5.41) is 6.45. The zero-order valence-electron chi connectivity index (χ0n) is 8.99. The van der Waals surface area contributed by atoms with Gasteiger partial charge >= 0.3 is 0 Å². The van der Waals surface area contributed by atoms with Gasteiger partial charge in [-0.3, -0.25) is 0 Å². The van der Waals surface area contributed by atoms with Crippen molar-refractivity contribution < 1.29 is 0 Å². The molecule has 1 aliphatic rings. The predicted molar refractivity (Wildman–Crippen MR) is 65.9 cm³/mol. The summed E-state index contributed by atoms with van der Waals surface area (Å²) in [7, 11) is 1.91. The van der Waals surface area contributed by atoms with Gasteiger partial charge in [-0.2, -0.15) is 0 Å². The first kappa shape index (κ1) is 12.3. The van der Waals surface area contributed by atoms with Gasteiger partial charge in [-0.25, -0.2) is 4.98 Å². The third-order valence-corrected chi connectivity index (χ3v) is 2.78. The first-order valence-electron chi connectivity index (χ1n) is 5.25. The van der Waals surface area contributed by atoms with Crippen molar-refractivity contribution in [2.24, 2.45) is 0 Å². The molecular weight excluding hydrogens is 210 g/mol. The van der Waals surface area contributed by atoms with Crippen molar-refractivity contribution in [1.29, 1.82) is 0 Å². The minimum atomic E-state index is 0. The Morgan fingerprint density at radius 1 is 1.33 bits per heavy atom.